The maximum atomic E-state index is 11.6. The minimum atomic E-state index is -1.44. The van der Waals surface area contributed by atoms with Crippen molar-refractivity contribution in [3.8, 4) is 0 Å². The number of hydrogen-bond acceptors (Lipinski definition) is 9. The Bertz CT molecular complexity index is 752. The van der Waals surface area contributed by atoms with Crippen LogP contribution in [-0.2, 0) is 21.0 Å². The first kappa shape index (κ1) is 16.9. The van der Waals surface area contributed by atoms with Gasteiger partial charge in [0, 0.05) is 0 Å². The predicted molar refractivity (Wildman–Crippen MR) is 79.2 cm³/mol. The van der Waals surface area contributed by atoms with Crippen LogP contribution in [0.3, 0.4) is 0 Å². The van der Waals surface area contributed by atoms with Crippen LogP contribution in [0.2, 0.25) is 0 Å². The van der Waals surface area contributed by atoms with Gasteiger partial charge in [-0.05, 0) is 6.92 Å². The van der Waals surface area contributed by atoms with Crippen LogP contribution in [0.15, 0.2) is 11.1 Å². The third-order valence-corrected chi connectivity index (χ3v) is 2.98. The van der Waals surface area contributed by atoms with E-state index in [9.17, 15) is 9.59 Å². The number of aliphatic hydroxyl groups is 1. The van der Waals surface area contributed by atoms with Gasteiger partial charge in [0.05, 0.1) is 19.5 Å². The molecule has 0 aromatic carbocycles. The van der Waals surface area contributed by atoms with Gasteiger partial charge in [0.2, 0.25) is 5.95 Å². The fourth-order valence-corrected chi connectivity index (χ4v) is 1.65. The normalized spacial score (nSPS) is 13.9. The number of carbonyl (C=O) groups is 1. The number of esters is 1. The zero-order valence-electron chi connectivity index (χ0n) is 12.5. The summed E-state index contributed by atoms with van der Waals surface area (Å²) in [7, 11) is 0. The predicted octanol–water partition coefficient (Wildman–Crippen LogP) is -2.07. The van der Waals surface area contributed by atoms with Crippen LogP contribution in [0, 0.1) is 0 Å². The Balaban J connectivity index is 1.86. The average molecular weight is 326 g/mol. The van der Waals surface area contributed by atoms with Crippen LogP contribution in [-0.4, -0.2) is 56.0 Å². The number of H-pyrrole nitrogens is 1. The second-order valence-electron chi connectivity index (χ2n) is 5.09. The number of nitrogens with two attached hydrogens (primary N) is 2. The number of anilines is 1. The molecule has 6 N–H and O–H groups in total. The second-order valence-corrected chi connectivity index (χ2v) is 5.09. The third kappa shape index (κ3) is 3.83. The summed E-state index contributed by atoms with van der Waals surface area (Å²) < 4.78 is 11.7. The van der Waals surface area contributed by atoms with Crippen LogP contribution in [0.25, 0.3) is 11.2 Å². The number of hydrogen-bond donors (Lipinski definition) is 4. The summed E-state index contributed by atoms with van der Waals surface area (Å²) in [5, 5.41) is 8.92. The third-order valence-electron chi connectivity index (χ3n) is 2.98. The first-order chi connectivity index (χ1) is 10.8. The van der Waals surface area contributed by atoms with Gasteiger partial charge in [-0.25, -0.2) is 9.78 Å². The Morgan fingerprint density at radius 3 is 2.96 bits per heavy atom. The molecular formula is C12H18N6O5. The van der Waals surface area contributed by atoms with Gasteiger partial charge in [-0.1, -0.05) is 0 Å². The van der Waals surface area contributed by atoms with Gasteiger partial charge < -0.3 is 26.0 Å². The van der Waals surface area contributed by atoms with Gasteiger partial charge in [0.15, 0.2) is 11.2 Å². The molecular weight excluding hydrogens is 308 g/mol. The number of ether oxygens (including phenoxy) is 2. The topological polar surface area (TPSA) is 171 Å². The van der Waals surface area contributed by atoms with Gasteiger partial charge in [-0.15, -0.1) is 0 Å². The van der Waals surface area contributed by atoms with Crippen molar-refractivity contribution in [2.75, 3.05) is 25.6 Å². The summed E-state index contributed by atoms with van der Waals surface area (Å²) in [6.45, 7) is 0.945. The van der Waals surface area contributed by atoms with E-state index in [4.69, 9.17) is 26.0 Å². The summed E-state index contributed by atoms with van der Waals surface area (Å²) in [6, 6.07) is 0. The molecule has 0 aliphatic rings. The fourth-order valence-electron chi connectivity index (χ4n) is 1.65. The van der Waals surface area contributed by atoms with Crippen LogP contribution < -0.4 is 17.0 Å². The summed E-state index contributed by atoms with van der Waals surface area (Å²) in [5.41, 5.74) is 9.55. The summed E-state index contributed by atoms with van der Waals surface area (Å²) in [6.07, 6.45) is 1.39. The van der Waals surface area contributed by atoms with E-state index in [1.54, 1.807) is 0 Å². The van der Waals surface area contributed by atoms with Crippen molar-refractivity contribution in [3.63, 3.8) is 0 Å². The summed E-state index contributed by atoms with van der Waals surface area (Å²) in [4.78, 5) is 33.3. The van der Waals surface area contributed by atoms with Crippen LogP contribution in [0.5, 0.6) is 0 Å². The molecule has 1 atom stereocenters. The summed E-state index contributed by atoms with van der Waals surface area (Å²) in [5.74, 6) is -0.748. The lowest BCUT2D eigenvalue weighted by Crippen LogP contribution is -2.49. The molecule has 2 aromatic rings. The van der Waals surface area contributed by atoms with E-state index >= 15 is 0 Å². The molecule has 23 heavy (non-hydrogen) atoms. The number of rotatable bonds is 7. The molecule has 0 aliphatic carbocycles. The zero-order chi connectivity index (χ0) is 17.0. The van der Waals surface area contributed by atoms with E-state index in [-0.39, 0.29) is 37.1 Å². The SMILES string of the molecule is C[C@@](N)(CO)C(=O)OCCOCn1cnc2c(=O)[nH]c(N)nc21. The van der Waals surface area contributed by atoms with Crippen molar-refractivity contribution in [2.24, 2.45) is 5.73 Å². The molecule has 0 bridgehead atoms. The van der Waals surface area contributed by atoms with Crippen LogP contribution in [0.4, 0.5) is 5.95 Å². The number of carbonyl (C=O) groups excluding carboxylic acids is 1. The maximum absolute atomic E-state index is 11.6. The van der Waals surface area contributed by atoms with Crippen molar-refractivity contribution >= 4 is 23.1 Å². The molecule has 11 heteroatoms. The molecule has 0 unspecified atom stereocenters. The lowest BCUT2D eigenvalue weighted by atomic mass is 10.1. The average Bonchev–Trinajstić information content (AvgIpc) is 2.90. The van der Waals surface area contributed by atoms with Crippen molar-refractivity contribution in [1.82, 2.24) is 19.5 Å². The van der Waals surface area contributed by atoms with Gasteiger partial charge in [0.1, 0.15) is 18.9 Å². The van der Waals surface area contributed by atoms with E-state index < -0.39 is 23.7 Å². The van der Waals surface area contributed by atoms with Crippen molar-refractivity contribution in [1.29, 1.82) is 0 Å². The van der Waals surface area contributed by atoms with Crippen molar-refractivity contribution in [2.45, 2.75) is 19.2 Å². The van der Waals surface area contributed by atoms with Gasteiger partial charge in [0.25, 0.3) is 5.56 Å². The number of aromatic amines is 1. The van der Waals surface area contributed by atoms with E-state index in [2.05, 4.69) is 15.0 Å². The standard InChI is InChI=1S/C12H18N6O5/c1-12(14,4-19)10(21)23-3-2-22-6-18-5-15-7-8(18)16-11(13)17-9(7)20/h5,19H,2-4,6,14H2,1H3,(H3,13,16,17,20)/t12-/m1/s1. The van der Waals surface area contributed by atoms with Crippen molar-refractivity contribution < 1.29 is 19.4 Å². The molecule has 0 fully saturated rings. The minimum Gasteiger partial charge on any atom is -0.462 e. The Morgan fingerprint density at radius 2 is 2.26 bits per heavy atom. The largest absolute Gasteiger partial charge is 0.462 e. The number of fused-ring (bicyclic) bond motifs is 1. The van der Waals surface area contributed by atoms with Gasteiger partial charge in [-0.3, -0.25) is 14.3 Å². The number of aromatic nitrogens is 4. The molecule has 0 radical (unpaired) electrons. The molecule has 2 rings (SSSR count). The van der Waals surface area contributed by atoms with Crippen molar-refractivity contribution in [3.05, 3.63) is 16.7 Å². The Labute approximate surface area is 130 Å². The molecule has 0 aliphatic heterocycles. The molecule has 11 nitrogen and oxygen atoms in total. The van der Waals surface area contributed by atoms with E-state index in [1.165, 1.54) is 17.8 Å². The lowest BCUT2D eigenvalue weighted by molar-refractivity contribution is -0.152. The fraction of sp³-hybridized carbons (Fsp3) is 0.500. The Hall–Kier alpha value is -2.50. The van der Waals surface area contributed by atoms with Gasteiger partial charge in [-0.2, -0.15) is 4.98 Å². The van der Waals surface area contributed by atoms with E-state index in [0.29, 0.717) is 0 Å². The smallest absolute Gasteiger partial charge is 0.328 e. The highest BCUT2D eigenvalue weighted by Gasteiger charge is 2.28. The quantitative estimate of drug-likeness (QED) is 0.329. The number of nitrogens with one attached hydrogen (secondary N) is 1. The zero-order valence-corrected chi connectivity index (χ0v) is 12.5. The monoisotopic (exact) mass is 326 g/mol. The number of nitrogens with zero attached hydrogens (tertiary/aromatic N) is 3. The second kappa shape index (κ2) is 6.73. The van der Waals surface area contributed by atoms with E-state index in [1.807, 2.05) is 0 Å². The van der Waals surface area contributed by atoms with E-state index in [0.717, 1.165) is 0 Å². The Kier molecular flexibility index (Phi) is 4.93. The maximum Gasteiger partial charge on any atom is 0.328 e. The molecule has 0 spiro atoms. The van der Waals surface area contributed by atoms with Gasteiger partial charge >= 0.3 is 5.97 Å². The molecule has 2 aromatic heterocycles. The highest BCUT2D eigenvalue weighted by Crippen LogP contribution is 2.06. The van der Waals surface area contributed by atoms with Crippen LogP contribution in [0.1, 0.15) is 6.92 Å². The Morgan fingerprint density at radius 1 is 1.52 bits per heavy atom. The number of imidazole rings is 1. The van der Waals surface area contributed by atoms with Crippen LogP contribution >= 0.6 is 0 Å². The number of aliphatic hydroxyl groups excluding tert-OH is 1. The molecule has 126 valence electrons. The lowest BCUT2D eigenvalue weighted by Gasteiger charge is -2.19. The molecule has 0 amide bonds. The summed E-state index contributed by atoms with van der Waals surface area (Å²) >= 11 is 0. The molecule has 0 saturated carbocycles. The highest BCUT2D eigenvalue weighted by atomic mass is 16.6. The molecule has 2 heterocycles. The number of nitrogen functional groups attached to an aromatic ring is 1. The first-order valence-corrected chi connectivity index (χ1v) is 6.70. The first-order valence-electron chi connectivity index (χ1n) is 6.70. The minimum absolute atomic E-state index is 0.0237. The molecule has 0 saturated heterocycles. The highest BCUT2D eigenvalue weighted by molar-refractivity contribution is 5.80.